The smallest absolute Gasteiger partial charge is 0.411 e. The van der Waals surface area contributed by atoms with Crippen molar-refractivity contribution in [3.8, 4) is 0 Å². The lowest BCUT2D eigenvalue weighted by Crippen LogP contribution is -2.47. The van der Waals surface area contributed by atoms with Gasteiger partial charge in [-0.3, -0.25) is 9.48 Å². The van der Waals surface area contributed by atoms with Gasteiger partial charge in [-0.05, 0) is 24.6 Å². The molecule has 0 fully saturated rings. The number of hydrogen-bond donors (Lipinski definition) is 1. The molecule has 1 atom stereocenters. The summed E-state index contributed by atoms with van der Waals surface area (Å²) in [6.07, 6.45) is -3.24. The summed E-state index contributed by atoms with van der Waals surface area (Å²) in [5, 5.41) is 13.2. The minimum Gasteiger partial charge on any atom is -0.478 e. The first-order chi connectivity index (χ1) is 12.7. The highest BCUT2D eigenvalue weighted by atomic mass is 19.4. The number of fused-ring (bicyclic) bond motifs is 1. The predicted octanol–water partition coefficient (Wildman–Crippen LogP) is 2.71. The summed E-state index contributed by atoms with van der Waals surface area (Å²) in [4.78, 5) is 25.6. The molecule has 0 unspecified atom stereocenters. The van der Waals surface area contributed by atoms with E-state index in [1.54, 1.807) is 31.2 Å². The molecule has 1 aromatic heterocycles. The van der Waals surface area contributed by atoms with E-state index in [1.807, 2.05) is 0 Å². The van der Waals surface area contributed by atoms with E-state index in [2.05, 4.69) is 9.84 Å². The molecular weight excluding hydrogens is 367 g/mol. The van der Waals surface area contributed by atoms with E-state index < -0.39 is 24.7 Å². The van der Waals surface area contributed by atoms with Gasteiger partial charge in [-0.1, -0.05) is 12.1 Å². The van der Waals surface area contributed by atoms with Gasteiger partial charge in [0.05, 0.1) is 25.4 Å². The van der Waals surface area contributed by atoms with Crippen LogP contribution in [0, 0.1) is 0 Å². The van der Waals surface area contributed by atoms with Crippen LogP contribution in [0.5, 0.6) is 0 Å². The third-order valence-electron chi connectivity index (χ3n) is 4.12. The molecule has 10 heteroatoms. The molecule has 0 saturated heterocycles. The maximum atomic E-state index is 12.8. The van der Waals surface area contributed by atoms with Crippen molar-refractivity contribution in [2.45, 2.75) is 32.3 Å². The summed E-state index contributed by atoms with van der Waals surface area (Å²) in [7, 11) is 0. The second kappa shape index (κ2) is 7.03. The molecule has 0 radical (unpaired) electrons. The van der Waals surface area contributed by atoms with Gasteiger partial charge in [0.2, 0.25) is 0 Å². The van der Waals surface area contributed by atoms with Crippen molar-refractivity contribution >= 4 is 17.6 Å². The van der Waals surface area contributed by atoms with Crippen molar-refractivity contribution in [1.82, 2.24) is 9.78 Å². The lowest BCUT2D eigenvalue weighted by atomic mass is 10.1. The minimum atomic E-state index is -4.39. The van der Waals surface area contributed by atoms with Crippen molar-refractivity contribution < 1.29 is 32.6 Å². The maximum absolute atomic E-state index is 12.8. The zero-order valence-corrected chi connectivity index (χ0v) is 14.2. The highest BCUT2D eigenvalue weighted by Crippen LogP contribution is 2.27. The van der Waals surface area contributed by atoms with Gasteiger partial charge >= 0.3 is 12.1 Å². The van der Waals surface area contributed by atoms with Gasteiger partial charge in [-0.15, -0.1) is 0 Å². The fourth-order valence-corrected chi connectivity index (χ4v) is 2.96. The molecule has 1 aromatic carbocycles. The largest absolute Gasteiger partial charge is 0.478 e. The van der Waals surface area contributed by atoms with Crippen LogP contribution in [0.15, 0.2) is 30.5 Å². The van der Waals surface area contributed by atoms with Crippen LogP contribution in [0.25, 0.3) is 0 Å². The van der Waals surface area contributed by atoms with Gasteiger partial charge in [0.25, 0.3) is 5.91 Å². The standard InChI is InChI=1S/C17H16F3N3O4/c1-10-7-22-14(13(6-21-22)16(25)26)15(24)23(10)12-4-2-11(3-5-12)8-27-9-17(18,19)20/h2-6,10H,7-9H2,1H3,(H,25,26)/t10-/m0/s1. The number of benzene rings is 1. The number of hydrogen-bond acceptors (Lipinski definition) is 4. The molecule has 3 rings (SSSR count). The van der Waals surface area contributed by atoms with Crippen molar-refractivity contribution in [1.29, 1.82) is 0 Å². The molecule has 144 valence electrons. The number of aromatic nitrogens is 2. The van der Waals surface area contributed by atoms with E-state index in [0.717, 1.165) is 6.20 Å². The summed E-state index contributed by atoms with van der Waals surface area (Å²) in [5.74, 6) is -1.74. The average Bonchev–Trinajstić information content (AvgIpc) is 2.99. The number of nitrogens with zero attached hydrogens (tertiary/aromatic N) is 3. The van der Waals surface area contributed by atoms with E-state index >= 15 is 0 Å². The molecule has 27 heavy (non-hydrogen) atoms. The van der Waals surface area contributed by atoms with Crippen LogP contribution < -0.4 is 4.90 Å². The maximum Gasteiger partial charge on any atom is 0.411 e. The van der Waals surface area contributed by atoms with Crippen molar-refractivity contribution in [2.75, 3.05) is 11.5 Å². The molecule has 1 aliphatic heterocycles. The second-order valence-corrected chi connectivity index (χ2v) is 6.19. The minimum absolute atomic E-state index is 0.00168. The van der Waals surface area contributed by atoms with E-state index in [9.17, 15) is 27.9 Å². The Labute approximate surface area is 151 Å². The van der Waals surface area contributed by atoms with Crippen LogP contribution in [0.2, 0.25) is 0 Å². The first-order valence-electron chi connectivity index (χ1n) is 8.03. The van der Waals surface area contributed by atoms with Crippen LogP contribution in [-0.4, -0.2) is 45.6 Å². The SMILES string of the molecule is C[C@H]1Cn2ncc(C(=O)O)c2C(=O)N1c1ccc(COCC(F)(F)F)cc1. The fraction of sp³-hybridized carbons (Fsp3) is 0.353. The molecule has 0 bridgehead atoms. The molecule has 1 N–H and O–H groups in total. The van der Waals surface area contributed by atoms with Crippen LogP contribution in [0.4, 0.5) is 18.9 Å². The quantitative estimate of drug-likeness (QED) is 0.858. The number of ether oxygens (including phenoxy) is 1. The van der Waals surface area contributed by atoms with Gasteiger partial charge in [0.1, 0.15) is 17.9 Å². The Balaban J connectivity index is 1.78. The number of carboxylic acids is 1. The highest BCUT2D eigenvalue weighted by Gasteiger charge is 2.35. The van der Waals surface area contributed by atoms with Crippen LogP contribution >= 0.6 is 0 Å². The molecular formula is C17H16F3N3O4. The van der Waals surface area contributed by atoms with Crippen LogP contribution in [-0.2, 0) is 17.9 Å². The number of amides is 1. The van der Waals surface area contributed by atoms with Gasteiger partial charge in [0.15, 0.2) is 0 Å². The number of alkyl halides is 3. The summed E-state index contributed by atoms with van der Waals surface area (Å²) in [5.41, 5.74) is 0.861. The molecule has 0 spiro atoms. The van der Waals surface area contributed by atoms with Crippen LogP contribution in [0.1, 0.15) is 33.3 Å². The molecule has 0 aliphatic carbocycles. The molecule has 2 aromatic rings. The molecule has 1 amide bonds. The van der Waals surface area contributed by atoms with Gasteiger partial charge < -0.3 is 14.7 Å². The van der Waals surface area contributed by atoms with E-state index in [1.165, 1.54) is 9.58 Å². The number of carbonyl (C=O) groups excluding carboxylic acids is 1. The van der Waals surface area contributed by atoms with Gasteiger partial charge in [-0.25, -0.2) is 4.79 Å². The van der Waals surface area contributed by atoms with Gasteiger partial charge in [-0.2, -0.15) is 18.3 Å². The highest BCUT2D eigenvalue weighted by molar-refractivity contribution is 6.11. The molecule has 1 aliphatic rings. The molecule has 0 saturated carbocycles. The number of aromatic carboxylic acids is 1. The average molecular weight is 383 g/mol. The van der Waals surface area contributed by atoms with Crippen molar-refractivity contribution in [3.05, 3.63) is 47.3 Å². The Morgan fingerprint density at radius 2 is 2.00 bits per heavy atom. The van der Waals surface area contributed by atoms with E-state index in [0.29, 0.717) is 17.8 Å². The Kier molecular flexibility index (Phi) is 4.92. The monoisotopic (exact) mass is 383 g/mol. The third-order valence-corrected chi connectivity index (χ3v) is 4.12. The zero-order valence-electron chi connectivity index (χ0n) is 14.2. The zero-order chi connectivity index (χ0) is 19.8. The third kappa shape index (κ3) is 3.95. The number of carboxylic acid groups (broad SMARTS) is 1. The number of anilines is 1. The van der Waals surface area contributed by atoms with Gasteiger partial charge in [0, 0.05) is 5.69 Å². The van der Waals surface area contributed by atoms with Crippen molar-refractivity contribution in [2.24, 2.45) is 0 Å². The molecule has 7 nitrogen and oxygen atoms in total. The van der Waals surface area contributed by atoms with Crippen LogP contribution in [0.3, 0.4) is 0 Å². The summed E-state index contributed by atoms with van der Waals surface area (Å²) in [6.45, 7) is 0.575. The Hall–Kier alpha value is -2.88. The van der Waals surface area contributed by atoms with E-state index in [-0.39, 0.29) is 23.9 Å². The first kappa shape index (κ1) is 18.9. The van der Waals surface area contributed by atoms with E-state index in [4.69, 9.17) is 0 Å². The normalized spacial score (nSPS) is 17.1. The molecule has 2 heterocycles. The second-order valence-electron chi connectivity index (χ2n) is 6.19. The summed E-state index contributed by atoms with van der Waals surface area (Å²) >= 11 is 0. The first-order valence-corrected chi connectivity index (χ1v) is 8.03. The fourth-order valence-electron chi connectivity index (χ4n) is 2.96. The predicted molar refractivity (Wildman–Crippen MR) is 87.6 cm³/mol. The lowest BCUT2D eigenvalue weighted by Gasteiger charge is -2.34. The summed E-state index contributed by atoms with van der Waals surface area (Å²) in [6, 6.07) is 6.03. The topological polar surface area (TPSA) is 84.7 Å². The Bertz CT molecular complexity index is 861. The lowest BCUT2D eigenvalue weighted by molar-refractivity contribution is -0.176. The number of carbonyl (C=O) groups is 2. The number of halogens is 3. The van der Waals surface area contributed by atoms with Crippen molar-refractivity contribution in [3.63, 3.8) is 0 Å². The summed E-state index contributed by atoms with van der Waals surface area (Å²) < 4.78 is 42.3. The number of rotatable bonds is 5. The Morgan fingerprint density at radius 1 is 1.33 bits per heavy atom. The Morgan fingerprint density at radius 3 is 2.59 bits per heavy atom.